The standard InChI is InChI=1S/C28H56N2O7Si/c1-25(2,3)35-22(31)21(29-23(32)36-26(4,5)6)17-19-30(24(33)37-27(7,8)9)18-15-16-20-34-38(13,14)28(10,11)12/h21H,15-20H2,1-14H3,(H,29,32)/t21-/m0/s1. The maximum absolute atomic E-state index is 13.0. The van der Waals surface area contributed by atoms with Gasteiger partial charge in [-0.25, -0.2) is 14.4 Å². The van der Waals surface area contributed by atoms with Crippen molar-refractivity contribution in [2.75, 3.05) is 19.7 Å². The number of rotatable bonds is 11. The Hall–Kier alpha value is -1.81. The minimum absolute atomic E-state index is 0.132. The second-order valence-electron chi connectivity index (χ2n) is 14.3. The Morgan fingerprint density at radius 3 is 1.68 bits per heavy atom. The molecule has 0 unspecified atom stereocenters. The summed E-state index contributed by atoms with van der Waals surface area (Å²) in [6.45, 7) is 28.2. The highest BCUT2D eigenvalue weighted by atomic mass is 28.4. The van der Waals surface area contributed by atoms with Crippen molar-refractivity contribution in [1.82, 2.24) is 10.2 Å². The van der Waals surface area contributed by atoms with Gasteiger partial charge in [0.2, 0.25) is 0 Å². The summed E-state index contributed by atoms with van der Waals surface area (Å²) in [6.07, 6.45) is 0.457. The van der Waals surface area contributed by atoms with Crippen molar-refractivity contribution < 1.29 is 33.0 Å². The van der Waals surface area contributed by atoms with E-state index in [9.17, 15) is 14.4 Å². The van der Waals surface area contributed by atoms with E-state index in [4.69, 9.17) is 18.6 Å². The third-order valence-corrected chi connectivity index (χ3v) is 10.4. The van der Waals surface area contributed by atoms with Gasteiger partial charge < -0.3 is 28.9 Å². The molecule has 0 aliphatic heterocycles. The summed E-state index contributed by atoms with van der Waals surface area (Å²) in [6, 6.07) is -0.990. The van der Waals surface area contributed by atoms with Gasteiger partial charge in [0.15, 0.2) is 8.32 Å². The number of nitrogens with zero attached hydrogens (tertiary/aromatic N) is 1. The first kappa shape index (κ1) is 36.2. The van der Waals surface area contributed by atoms with Crippen LogP contribution in [-0.4, -0.2) is 73.9 Å². The SMILES string of the molecule is CC(C)(C)OC(=O)N[C@@H](CCN(CCCCO[Si](C)(C)C(C)(C)C)C(=O)OC(C)(C)C)C(=O)OC(C)(C)C. The van der Waals surface area contributed by atoms with Crippen LogP contribution in [0.2, 0.25) is 18.1 Å². The molecule has 10 heteroatoms. The highest BCUT2D eigenvalue weighted by Crippen LogP contribution is 2.36. The molecule has 1 atom stereocenters. The van der Waals surface area contributed by atoms with Crippen molar-refractivity contribution in [2.24, 2.45) is 0 Å². The molecule has 0 rings (SSSR count). The topological polar surface area (TPSA) is 103 Å². The molecule has 0 saturated carbocycles. The second kappa shape index (κ2) is 14.0. The van der Waals surface area contributed by atoms with E-state index in [1.165, 1.54) is 0 Å². The zero-order valence-electron chi connectivity index (χ0n) is 26.6. The van der Waals surface area contributed by atoms with Gasteiger partial charge in [0, 0.05) is 19.7 Å². The molecule has 9 nitrogen and oxygen atoms in total. The van der Waals surface area contributed by atoms with Crippen LogP contribution < -0.4 is 5.32 Å². The van der Waals surface area contributed by atoms with E-state index in [0.717, 1.165) is 6.42 Å². The smallest absolute Gasteiger partial charge is 0.410 e. The van der Waals surface area contributed by atoms with E-state index < -0.39 is 49.3 Å². The van der Waals surface area contributed by atoms with Crippen LogP contribution in [0.4, 0.5) is 9.59 Å². The van der Waals surface area contributed by atoms with Crippen LogP contribution in [0.1, 0.15) is 102 Å². The van der Waals surface area contributed by atoms with Gasteiger partial charge in [0.1, 0.15) is 22.8 Å². The van der Waals surface area contributed by atoms with Crippen LogP contribution in [0.5, 0.6) is 0 Å². The normalized spacial score (nSPS) is 13.9. The molecule has 0 aliphatic rings. The Balaban J connectivity index is 5.43. The van der Waals surface area contributed by atoms with Crippen molar-refractivity contribution in [3.05, 3.63) is 0 Å². The van der Waals surface area contributed by atoms with E-state index in [-0.39, 0.29) is 18.0 Å². The number of hydrogen-bond donors (Lipinski definition) is 1. The first-order valence-corrected chi connectivity index (χ1v) is 16.6. The molecule has 0 bridgehead atoms. The Morgan fingerprint density at radius 2 is 1.24 bits per heavy atom. The zero-order valence-corrected chi connectivity index (χ0v) is 27.6. The molecule has 0 aromatic rings. The van der Waals surface area contributed by atoms with Gasteiger partial charge in [-0.2, -0.15) is 0 Å². The number of hydrogen-bond acceptors (Lipinski definition) is 7. The fourth-order valence-electron chi connectivity index (χ4n) is 2.93. The molecule has 0 aliphatic carbocycles. The third-order valence-electron chi connectivity index (χ3n) is 5.81. The van der Waals surface area contributed by atoms with E-state index in [1.807, 2.05) is 20.8 Å². The molecule has 0 saturated heterocycles. The van der Waals surface area contributed by atoms with Crippen LogP contribution in [0.3, 0.4) is 0 Å². The maximum Gasteiger partial charge on any atom is 0.410 e. The summed E-state index contributed by atoms with van der Waals surface area (Å²) in [5.74, 6) is -0.588. The number of alkyl carbamates (subject to hydrolysis) is 1. The third kappa shape index (κ3) is 16.2. The lowest BCUT2D eigenvalue weighted by molar-refractivity contribution is -0.157. The lowest BCUT2D eigenvalue weighted by Crippen LogP contribution is -2.48. The molecule has 0 fully saturated rings. The van der Waals surface area contributed by atoms with E-state index >= 15 is 0 Å². The lowest BCUT2D eigenvalue weighted by Gasteiger charge is -2.36. The van der Waals surface area contributed by atoms with Gasteiger partial charge in [-0.15, -0.1) is 0 Å². The molecule has 0 aromatic carbocycles. The van der Waals surface area contributed by atoms with Gasteiger partial charge in [0.05, 0.1) is 0 Å². The van der Waals surface area contributed by atoms with E-state index in [0.29, 0.717) is 19.6 Å². The van der Waals surface area contributed by atoms with Crippen molar-refractivity contribution in [3.8, 4) is 0 Å². The van der Waals surface area contributed by atoms with Crippen LogP contribution in [0.25, 0.3) is 0 Å². The van der Waals surface area contributed by atoms with E-state index in [1.54, 1.807) is 46.4 Å². The molecule has 38 heavy (non-hydrogen) atoms. The fourth-order valence-corrected chi connectivity index (χ4v) is 4.01. The Kier molecular flexibility index (Phi) is 13.3. The highest BCUT2D eigenvalue weighted by molar-refractivity contribution is 6.74. The van der Waals surface area contributed by atoms with Crippen molar-refractivity contribution in [1.29, 1.82) is 0 Å². The number of esters is 1. The second-order valence-corrected chi connectivity index (χ2v) is 19.1. The zero-order chi connectivity index (χ0) is 30.2. The van der Waals surface area contributed by atoms with Crippen molar-refractivity contribution in [3.63, 3.8) is 0 Å². The van der Waals surface area contributed by atoms with Crippen molar-refractivity contribution >= 4 is 26.5 Å². The minimum Gasteiger partial charge on any atom is -0.458 e. The highest BCUT2D eigenvalue weighted by Gasteiger charge is 2.37. The molecular weight excluding hydrogens is 504 g/mol. The lowest BCUT2D eigenvalue weighted by atomic mass is 10.1. The summed E-state index contributed by atoms with van der Waals surface area (Å²) in [4.78, 5) is 39.9. The Labute approximate surface area is 232 Å². The van der Waals surface area contributed by atoms with Crippen LogP contribution in [0.15, 0.2) is 0 Å². The number of nitrogens with one attached hydrogen (secondary N) is 1. The van der Waals surface area contributed by atoms with Gasteiger partial charge >= 0.3 is 18.2 Å². The quantitative estimate of drug-likeness (QED) is 0.131. The molecule has 0 heterocycles. The van der Waals surface area contributed by atoms with Gasteiger partial charge in [0.25, 0.3) is 0 Å². The Morgan fingerprint density at radius 1 is 0.737 bits per heavy atom. The van der Waals surface area contributed by atoms with Gasteiger partial charge in [-0.1, -0.05) is 20.8 Å². The molecule has 1 N–H and O–H groups in total. The first-order valence-electron chi connectivity index (χ1n) is 13.7. The molecule has 2 amide bonds. The molecule has 0 radical (unpaired) electrons. The predicted octanol–water partition coefficient (Wildman–Crippen LogP) is 6.65. The van der Waals surface area contributed by atoms with Gasteiger partial charge in [-0.05, 0) is 99.7 Å². The van der Waals surface area contributed by atoms with Gasteiger partial charge in [-0.3, -0.25) is 0 Å². The largest absolute Gasteiger partial charge is 0.458 e. The molecule has 0 aromatic heterocycles. The summed E-state index contributed by atoms with van der Waals surface area (Å²) in [7, 11) is -1.84. The summed E-state index contributed by atoms with van der Waals surface area (Å²) < 4.78 is 22.7. The number of unbranched alkanes of at least 4 members (excludes halogenated alkanes) is 1. The fraction of sp³-hybridized carbons (Fsp3) is 0.893. The summed E-state index contributed by atoms with van der Waals surface area (Å²) >= 11 is 0. The molecule has 0 spiro atoms. The Bertz CT molecular complexity index is 772. The monoisotopic (exact) mass is 560 g/mol. The first-order chi connectivity index (χ1) is 16.8. The molecular formula is C28H56N2O7Si. The van der Waals surface area contributed by atoms with Crippen LogP contribution in [0, 0.1) is 0 Å². The van der Waals surface area contributed by atoms with Crippen LogP contribution in [-0.2, 0) is 23.4 Å². The average Bonchev–Trinajstić information content (AvgIpc) is 2.63. The number of ether oxygens (including phenoxy) is 3. The number of carbonyl (C=O) groups excluding carboxylic acids is 3. The summed E-state index contributed by atoms with van der Waals surface area (Å²) in [5, 5.41) is 2.75. The number of carbonyl (C=O) groups is 3. The maximum atomic E-state index is 13.0. The predicted molar refractivity (Wildman–Crippen MR) is 154 cm³/mol. The minimum atomic E-state index is -1.84. The molecule has 224 valence electrons. The van der Waals surface area contributed by atoms with Crippen molar-refractivity contribution in [2.45, 2.75) is 143 Å². The number of amides is 2. The summed E-state index contributed by atoms with van der Waals surface area (Å²) in [5.41, 5.74) is -2.13. The van der Waals surface area contributed by atoms with E-state index in [2.05, 4.69) is 39.2 Å². The average molecular weight is 561 g/mol. The van der Waals surface area contributed by atoms with Crippen LogP contribution >= 0.6 is 0 Å².